The fourth-order valence-electron chi connectivity index (χ4n) is 5.34. The lowest BCUT2D eigenvalue weighted by Crippen LogP contribution is -2.58. The number of hydrogen-bond acceptors (Lipinski definition) is 2. The lowest BCUT2D eigenvalue weighted by molar-refractivity contribution is -0.00647. The van der Waals surface area contributed by atoms with E-state index in [1.807, 2.05) is 0 Å². The van der Waals surface area contributed by atoms with Gasteiger partial charge < -0.3 is 5.73 Å². The summed E-state index contributed by atoms with van der Waals surface area (Å²) in [6.45, 7) is 5.86. The van der Waals surface area contributed by atoms with E-state index in [9.17, 15) is 0 Å². The van der Waals surface area contributed by atoms with E-state index >= 15 is 0 Å². The van der Waals surface area contributed by atoms with Crippen LogP contribution >= 0.6 is 0 Å². The van der Waals surface area contributed by atoms with Gasteiger partial charge in [-0.1, -0.05) is 26.2 Å². The summed E-state index contributed by atoms with van der Waals surface area (Å²) >= 11 is 0. The minimum atomic E-state index is 0.368. The van der Waals surface area contributed by atoms with Crippen molar-refractivity contribution in [1.82, 2.24) is 4.90 Å². The topological polar surface area (TPSA) is 29.3 Å². The van der Waals surface area contributed by atoms with Crippen molar-refractivity contribution in [2.45, 2.75) is 83.1 Å². The van der Waals surface area contributed by atoms with Crippen LogP contribution in [-0.4, -0.2) is 30.1 Å². The van der Waals surface area contributed by atoms with E-state index in [4.69, 9.17) is 5.73 Å². The van der Waals surface area contributed by atoms with Crippen molar-refractivity contribution >= 4 is 0 Å². The summed E-state index contributed by atoms with van der Waals surface area (Å²) < 4.78 is 0. The van der Waals surface area contributed by atoms with Gasteiger partial charge in [0.05, 0.1) is 0 Å². The van der Waals surface area contributed by atoms with Crippen LogP contribution in [0.25, 0.3) is 0 Å². The zero-order chi connectivity index (χ0) is 14.1. The maximum atomic E-state index is 6.28. The van der Waals surface area contributed by atoms with E-state index in [2.05, 4.69) is 11.8 Å². The molecule has 0 aromatic rings. The molecular formula is C18H34N2. The molecule has 0 amide bonds. The molecule has 2 nitrogen and oxygen atoms in total. The van der Waals surface area contributed by atoms with Gasteiger partial charge in [-0.2, -0.15) is 0 Å². The Balaban J connectivity index is 1.61. The highest BCUT2D eigenvalue weighted by Crippen LogP contribution is 2.52. The normalized spacial score (nSPS) is 30.9. The average molecular weight is 278 g/mol. The van der Waals surface area contributed by atoms with Crippen LogP contribution in [0, 0.1) is 11.3 Å². The Hall–Kier alpha value is -0.0800. The van der Waals surface area contributed by atoms with Crippen LogP contribution in [-0.2, 0) is 0 Å². The van der Waals surface area contributed by atoms with E-state index in [1.165, 1.54) is 83.7 Å². The van der Waals surface area contributed by atoms with Crippen LogP contribution in [0.4, 0.5) is 0 Å². The minimum Gasteiger partial charge on any atom is -0.329 e. The van der Waals surface area contributed by atoms with Crippen LogP contribution in [0.2, 0.25) is 0 Å². The molecule has 3 rings (SSSR count). The Kier molecular flexibility index (Phi) is 4.42. The van der Waals surface area contributed by atoms with Crippen molar-refractivity contribution < 1.29 is 0 Å². The first-order chi connectivity index (χ1) is 9.72. The van der Waals surface area contributed by atoms with Gasteiger partial charge in [-0.15, -0.1) is 0 Å². The molecule has 3 aliphatic rings. The van der Waals surface area contributed by atoms with Crippen LogP contribution in [0.3, 0.4) is 0 Å². The first-order valence-electron chi connectivity index (χ1n) is 9.17. The van der Waals surface area contributed by atoms with Gasteiger partial charge in [0, 0.05) is 12.1 Å². The molecule has 0 bridgehead atoms. The second-order valence-corrected chi connectivity index (χ2v) is 7.97. The molecule has 0 aromatic carbocycles. The van der Waals surface area contributed by atoms with E-state index in [0.29, 0.717) is 5.54 Å². The third-order valence-electron chi connectivity index (χ3n) is 7.15. The highest BCUT2D eigenvalue weighted by molar-refractivity contribution is 5.02. The maximum absolute atomic E-state index is 6.28. The Labute approximate surface area is 125 Å². The van der Waals surface area contributed by atoms with Gasteiger partial charge in [-0.25, -0.2) is 0 Å². The highest BCUT2D eigenvalue weighted by atomic mass is 15.2. The molecule has 0 radical (unpaired) electrons. The van der Waals surface area contributed by atoms with Crippen LogP contribution in [0.15, 0.2) is 0 Å². The summed E-state index contributed by atoms with van der Waals surface area (Å²) in [6, 6.07) is 0. The molecule has 1 spiro atoms. The zero-order valence-electron chi connectivity index (χ0n) is 13.5. The average Bonchev–Trinajstić information content (AvgIpc) is 2.97. The molecule has 2 aliphatic carbocycles. The fourth-order valence-corrected chi connectivity index (χ4v) is 5.34. The van der Waals surface area contributed by atoms with Crippen molar-refractivity contribution in [1.29, 1.82) is 0 Å². The predicted molar refractivity (Wildman–Crippen MR) is 85.7 cm³/mol. The molecule has 0 aromatic heterocycles. The van der Waals surface area contributed by atoms with Gasteiger partial charge in [-0.05, 0) is 75.8 Å². The monoisotopic (exact) mass is 278 g/mol. The van der Waals surface area contributed by atoms with Crippen LogP contribution in [0.5, 0.6) is 0 Å². The van der Waals surface area contributed by atoms with E-state index < -0.39 is 0 Å². The minimum absolute atomic E-state index is 0.368. The number of nitrogens with zero attached hydrogens (tertiary/aromatic N) is 1. The molecule has 2 heteroatoms. The van der Waals surface area contributed by atoms with Crippen molar-refractivity contribution in [3.63, 3.8) is 0 Å². The molecule has 3 fully saturated rings. The molecule has 2 N–H and O–H groups in total. The molecule has 116 valence electrons. The van der Waals surface area contributed by atoms with Gasteiger partial charge in [0.2, 0.25) is 0 Å². The van der Waals surface area contributed by atoms with Crippen molar-refractivity contribution in [2.24, 2.45) is 17.1 Å². The number of nitrogens with two attached hydrogens (primary N) is 1. The van der Waals surface area contributed by atoms with Gasteiger partial charge in [-0.3, -0.25) is 4.90 Å². The Bertz CT molecular complexity index is 301. The summed E-state index contributed by atoms with van der Waals surface area (Å²) in [5.74, 6) is 0.978. The first kappa shape index (κ1) is 14.8. The molecule has 1 saturated heterocycles. The maximum Gasteiger partial charge on any atom is 0.0332 e. The third-order valence-corrected chi connectivity index (χ3v) is 7.15. The second-order valence-electron chi connectivity index (χ2n) is 7.97. The van der Waals surface area contributed by atoms with Crippen molar-refractivity contribution in [3.8, 4) is 0 Å². The quantitative estimate of drug-likeness (QED) is 0.847. The molecular weight excluding hydrogens is 244 g/mol. The lowest BCUT2D eigenvalue weighted by Gasteiger charge is -2.52. The van der Waals surface area contributed by atoms with Crippen molar-refractivity contribution in [3.05, 3.63) is 0 Å². The molecule has 1 heterocycles. The fraction of sp³-hybridized carbons (Fsp3) is 1.00. The number of rotatable bonds is 3. The van der Waals surface area contributed by atoms with E-state index in [-0.39, 0.29) is 0 Å². The van der Waals surface area contributed by atoms with Gasteiger partial charge >= 0.3 is 0 Å². The molecule has 0 atom stereocenters. The molecule has 0 unspecified atom stereocenters. The third kappa shape index (κ3) is 2.66. The SMILES string of the molecule is CCC1CCN(C2(CN)CCC3(CCCC3)CC2)CC1. The summed E-state index contributed by atoms with van der Waals surface area (Å²) in [5.41, 5.74) is 7.39. The first-order valence-corrected chi connectivity index (χ1v) is 9.17. The zero-order valence-corrected chi connectivity index (χ0v) is 13.5. The molecule has 1 aliphatic heterocycles. The Morgan fingerprint density at radius 1 is 0.950 bits per heavy atom. The highest BCUT2D eigenvalue weighted by Gasteiger charge is 2.46. The number of hydrogen-bond donors (Lipinski definition) is 1. The van der Waals surface area contributed by atoms with Crippen molar-refractivity contribution in [2.75, 3.05) is 19.6 Å². The van der Waals surface area contributed by atoms with E-state index in [0.717, 1.165) is 17.9 Å². The van der Waals surface area contributed by atoms with Gasteiger partial charge in [0.1, 0.15) is 0 Å². The van der Waals surface area contributed by atoms with Crippen LogP contribution < -0.4 is 5.73 Å². The predicted octanol–water partition coefficient (Wildman–Crippen LogP) is 3.94. The standard InChI is InChI=1S/C18H34N2/c1-2-16-5-13-20(14-6-16)18(15-19)11-9-17(10-12-18)7-3-4-8-17/h16H,2-15,19H2,1H3. The Morgan fingerprint density at radius 2 is 1.55 bits per heavy atom. The largest absolute Gasteiger partial charge is 0.329 e. The number of likely N-dealkylation sites (tertiary alicyclic amines) is 1. The summed E-state index contributed by atoms with van der Waals surface area (Å²) in [5, 5.41) is 0. The molecule has 2 saturated carbocycles. The summed E-state index contributed by atoms with van der Waals surface area (Å²) in [7, 11) is 0. The van der Waals surface area contributed by atoms with Gasteiger partial charge in [0.15, 0.2) is 0 Å². The lowest BCUT2D eigenvalue weighted by atomic mass is 9.65. The number of piperidine rings is 1. The smallest absolute Gasteiger partial charge is 0.0332 e. The van der Waals surface area contributed by atoms with Gasteiger partial charge in [0.25, 0.3) is 0 Å². The van der Waals surface area contributed by atoms with Crippen LogP contribution in [0.1, 0.15) is 77.6 Å². The summed E-state index contributed by atoms with van der Waals surface area (Å²) in [4.78, 5) is 2.79. The second kappa shape index (κ2) is 5.96. The van der Waals surface area contributed by atoms with E-state index in [1.54, 1.807) is 0 Å². The molecule has 20 heavy (non-hydrogen) atoms. The summed E-state index contributed by atoms with van der Waals surface area (Å²) in [6.07, 6.45) is 15.8. The Morgan fingerprint density at radius 3 is 2.05 bits per heavy atom.